The standard InChI is InChI=1S/C22H29FN2O5S.C20H25FN2O5S.C19H22ClFN2O4S.C19H23FN2O4S.C18H20FIN2O3S.CH4/c1-4-15-10-19(24-31(29,30)22(7-8-22)12-17(27)13-26)20(25(3)21(15)28)11-16-6-5-14(2)9-18(16)23;1-13-3-4-14(16(21)9-13)10-18-17(5-6-19(26)23(18)2)22-29(27,28)20(7-8-20)11-15(25)12-24;1-12-3-4-13(15(21)9-12)10-17-16(11-14(20)18(25)23(17)2)22-28(26,27)19(5-6-19)7-8-24;1-13-3-4-14(15(20)11-13)12-17-16(5-6-18(24)22(17)2)21-27(25,26)19(7-8-19)9-10-23;1-3-11-8-16(21-26(24,25)14-6-7-14)17(22(2)18(11)23)9-12-4-5-13(20)10-15(12)19;/h5-6,9-10,17,24,26-27H,4,7-8,11-13H2,1-3H3;3-6,9,15,22,24-25H,7-8,10-12H2,1-2H3;3-4,9,11,22,24H,5-8,10H2,1-2H3;3-6,11,21,23H,7-10,12H2,1-2H3;4-5,8,10,14,21H,3,6-7,9H2,1-2H3;1H4/t17-;15-;;;;/m01..../s1. The average Bonchev–Trinajstić information content (AvgIpc) is 1.59. The zero-order valence-electron chi connectivity index (χ0n) is 79.8. The van der Waals surface area contributed by atoms with E-state index >= 15 is 0 Å². The molecule has 5 aromatic heterocycles. The fourth-order valence-electron chi connectivity index (χ4n) is 16.6. The minimum atomic E-state index is -3.92. The maximum absolute atomic E-state index is 14.5. The van der Waals surface area contributed by atoms with Gasteiger partial charge in [-0.25, -0.2) is 64.0 Å². The van der Waals surface area contributed by atoms with Gasteiger partial charge in [-0.1, -0.05) is 87.5 Å². The highest BCUT2D eigenvalue weighted by molar-refractivity contribution is 14.1. The smallest absolute Gasteiger partial charge is 0.269 e. The summed E-state index contributed by atoms with van der Waals surface area (Å²) in [4.78, 5) is 61.6. The Kier molecular flexibility index (Phi) is 37.1. The second kappa shape index (κ2) is 46.2. The van der Waals surface area contributed by atoms with Gasteiger partial charge in [-0.05, 0) is 270 Å². The van der Waals surface area contributed by atoms with Gasteiger partial charge in [0.05, 0.1) is 78.1 Å². The Balaban J connectivity index is 0.000000182. The molecule has 5 aliphatic carbocycles. The summed E-state index contributed by atoms with van der Waals surface area (Å²) in [7, 11) is -11.2. The summed E-state index contributed by atoms with van der Waals surface area (Å²) in [6.45, 7) is 9.23. The van der Waals surface area contributed by atoms with E-state index in [0.717, 1.165) is 25.8 Å². The normalized spacial score (nSPS) is 15.5. The quantitative estimate of drug-likeness (QED) is 0.0127. The number of aliphatic hydroxyl groups is 6. The fraction of sp³-hybridized carbons (Fsp3) is 0.444. The molecule has 142 heavy (non-hydrogen) atoms. The molecule has 0 saturated heterocycles. The topological polar surface area (TPSA) is 462 Å². The minimum absolute atomic E-state index is 0. The highest BCUT2D eigenvalue weighted by Crippen LogP contribution is 2.51. The van der Waals surface area contributed by atoms with Gasteiger partial charge in [-0.2, -0.15) is 0 Å². The predicted octanol–water partition coefficient (Wildman–Crippen LogP) is 12.1. The molecular formula is C99H123ClF5IN10O21S5. The highest BCUT2D eigenvalue weighted by Gasteiger charge is 2.58. The van der Waals surface area contributed by atoms with Gasteiger partial charge in [0.1, 0.15) is 34.1 Å². The van der Waals surface area contributed by atoms with Crippen molar-refractivity contribution in [3.63, 3.8) is 0 Å². The maximum Gasteiger partial charge on any atom is 0.269 e. The Bertz CT molecular complexity index is 7330. The average molecular weight is 2210 g/mol. The molecule has 0 bridgehead atoms. The van der Waals surface area contributed by atoms with E-state index in [0.29, 0.717) is 150 Å². The Hall–Kier alpha value is -9.97. The van der Waals surface area contributed by atoms with Crippen LogP contribution in [0.1, 0.15) is 201 Å². The summed E-state index contributed by atoms with van der Waals surface area (Å²) in [6.07, 6.45) is 3.67. The third-order valence-electron chi connectivity index (χ3n) is 26.5. The predicted molar refractivity (Wildman–Crippen MR) is 549 cm³/mol. The summed E-state index contributed by atoms with van der Waals surface area (Å²) in [6, 6.07) is 33.6. The lowest BCUT2D eigenvalue weighted by atomic mass is 10.0. The van der Waals surface area contributed by atoms with Crippen molar-refractivity contribution in [3.05, 3.63) is 313 Å². The zero-order valence-corrected chi connectivity index (χ0v) is 86.8. The first kappa shape index (κ1) is 114. The van der Waals surface area contributed by atoms with Crippen LogP contribution in [-0.2, 0) is 130 Å². The van der Waals surface area contributed by atoms with Crippen molar-refractivity contribution >= 4 is 113 Å². The molecule has 0 amide bonds. The van der Waals surface area contributed by atoms with Crippen LogP contribution >= 0.6 is 34.2 Å². The van der Waals surface area contributed by atoms with Crippen molar-refractivity contribution in [1.82, 2.24) is 22.8 Å². The number of benzene rings is 5. The van der Waals surface area contributed by atoms with Gasteiger partial charge in [-0.3, -0.25) is 47.6 Å². The summed E-state index contributed by atoms with van der Waals surface area (Å²) in [5.74, 6) is -2.07. The van der Waals surface area contributed by atoms with Gasteiger partial charge in [0.25, 0.3) is 27.8 Å². The number of aliphatic hydroxyl groups excluding tert-OH is 6. The molecule has 2 atom stereocenters. The van der Waals surface area contributed by atoms with Crippen molar-refractivity contribution in [1.29, 1.82) is 0 Å². The Morgan fingerprint density at radius 2 is 0.648 bits per heavy atom. The van der Waals surface area contributed by atoms with E-state index in [1.54, 1.807) is 115 Å². The zero-order chi connectivity index (χ0) is 104. The second-order valence-corrected chi connectivity index (χ2v) is 48.8. The van der Waals surface area contributed by atoms with Crippen LogP contribution < -0.4 is 51.4 Å². The van der Waals surface area contributed by atoms with Crippen LogP contribution in [0.5, 0.6) is 0 Å². The number of hydrogen-bond acceptors (Lipinski definition) is 21. The lowest BCUT2D eigenvalue weighted by Gasteiger charge is -2.23. The molecule has 5 fully saturated rings. The summed E-state index contributed by atoms with van der Waals surface area (Å²) < 4.78 is 216. The second-order valence-electron chi connectivity index (χ2n) is 36.9. The highest BCUT2D eigenvalue weighted by atomic mass is 127. The van der Waals surface area contributed by atoms with Gasteiger partial charge in [0, 0.05) is 136 Å². The Morgan fingerprint density at radius 1 is 0.373 bits per heavy atom. The molecule has 5 saturated carbocycles. The number of nitrogens with one attached hydrogen (secondary N) is 5. The van der Waals surface area contributed by atoms with Gasteiger partial charge in [0.2, 0.25) is 50.1 Å². The summed E-state index contributed by atoms with van der Waals surface area (Å²) in [5.41, 5.74) is 7.22. The van der Waals surface area contributed by atoms with E-state index in [1.165, 1.54) is 111 Å². The largest absolute Gasteiger partial charge is 0.396 e. The molecule has 5 aromatic carbocycles. The van der Waals surface area contributed by atoms with Crippen LogP contribution in [0, 0.1) is 60.4 Å². The third kappa shape index (κ3) is 26.6. The van der Waals surface area contributed by atoms with Gasteiger partial charge in [-0.15, -0.1) is 0 Å². The number of aryl methyl sites for hydroxylation is 6. The number of aromatic nitrogens is 5. The summed E-state index contributed by atoms with van der Waals surface area (Å²) >= 11 is 8.01. The molecule has 0 aliphatic heterocycles. The van der Waals surface area contributed by atoms with Gasteiger partial charge in [0.15, 0.2) is 0 Å². The van der Waals surface area contributed by atoms with Crippen molar-refractivity contribution in [2.45, 2.75) is 220 Å². The van der Waals surface area contributed by atoms with Crippen LogP contribution in [0.4, 0.5) is 50.4 Å². The molecule has 31 nitrogen and oxygen atoms in total. The van der Waals surface area contributed by atoms with Crippen LogP contribution in [0.15, 0.2) is 157 Å². The van der Waals surface area contributed by atoms with E-state index in [2.05, 4.69) is 23.6 Å². The fourth-order valence-corrected chi connectivity index (χ4v) is 25.5. The first-order valence-electron chi connectivity index (χ1n) is 45.7. The van der Waals surface area contributed by atoms with Crippen molar-refractivity contribution in [3.8, 4) is 0 Å². The molecule has 15 rings (SSSR count). The van der Waals surface area contributed by atoms with E-state index in [1.807, 2.05) is 29.5 Å². The molecule has 5 heterocycles. The molecule has 11 N–H and O–H groups in total. The van der Waals surface area contributed by atoms with E-state index < -0.39 is 123 Å². The van der Waals surface area contributed by atoms with Crippen molar-refractivity contribution in [2.24, 2.45) is 35.2 Å². The number of anilines is 5. The molecule has 0 unspecified atom stereocenters. The van der Waals surface area contributed by atoms with Crippen LogP contribution in [0.25, 0.3) is 0 Å². The third-order valence-corrected chi connectivity index (χ3v) is 38.2. The first-order chi connectivity index (χ1) is 66.1. The number of halogens is 7. The van der Waals surface area contributed by atoms with Crippen molar-refractivity contribution < 1.29 is 94.7 Å². The van der Waals surface area contributed by atoms with E-state index in [4.69, 9.17) is 21.8 Å². The molecule has 0 radical (unpaired) electrons. The monoisotopic (exact) mass is 2200 g/mol. The molecule has 774 valence electrons. The Morgan fingerprint density at radius 3 is 0.930 bits per heavy atom. The van der Waals surface area contributed by atoms with E-state index in [9.17, 15) is 108 Å². The molecular weight excluding hydrogens is 2080 g/mol. The van der Waals surface area contributed by atoms with Crippen LogP contribution in [-0.4, -0.2) is 158 Å². The lowest BCUT2D eigenvalue weighted by molar-refractivity contribution is 0.0858. The molecule has 5 aliphatic rings. The van der Waals surface area contributed by atoms with Crippen LogP contribution in [0.3, 0.4) is 0 Å². The van der Waals surface area contributed by atoms with Gasteiger partial charge >= 0.3 is 0 Å². The van der Waals surface area contributed by atoms with Crippen LogP contribution in [0.2, 0.25) is 5.02 Å². The van der Waals surface area contributed by atoms with E-state index in [-0.39, 0.29) is 140 Å². The molecule has 10 aromatic rings. The van der Waals surface area contributed by atoms with Crippen molar-refractivity contribution in [2.75, 3.05) is 50.0 Å². The first-order valence-corrected chi connectivity index (χ1v) is 54.6. The molecule has 43 heteroatoms. The number of nitrogens with zero attached hydrogens (tertiary/aromatic N) is 5. The summed E-state index contributed by atoms with van der Waals surface area (Å²) in [5, 5.41) is 55.6. The number of rotatable bonds is 37. The number of hydrogen-bond donors (Lipinski definition) is 11. The van der Waals surface area contributed by atoms with Gasteiger partial charge < -0.3 is 53.5 Å². The number of sulfonamides is 5. The Labute approximate surface area is 842 Å². The minimum Gasteiger partial charge on any atom is -0.396 e. The maximum atomic E-state index is 14.5. The molecule has 0 spiro atoms. The number of pyridine rings is 5. The lowest BCUT2D eigenvalue weighted by Crippen LogP contribution is -2.35. The SMILES string of the molecule is C.CCc1cc(NS(=O)(=O)C2(C[C@H](O)CO)CC2)c(Cc2ccc(C)cc2F)n(C)c1=O.CCc1cc(NS(=O)(=O)C2CC2)c(Cc2ccc(I)cc2F)n(C)c1=O.Cc1ccc(Cc2c(NS(=O)(=O)C3(CCO)CC3)cc(Cl)c(=O)n2C)c(F)c1.Cc1ccc(Cc2c(NS(=O)(=O)C3(CCO)CC3)ccc(=O)n2C)c(F)c1.Cc1ccc(Cc2c(NS(=O)(=O)C3(C[C@@H](O)CO)CC3)ccc(=O)n2C)c(F)c1.